The molecule has 1 amide bonds. The second kappa shape index (κ2) is 9.18. The number of benzene rings is 2. The van der Waals surface area contributed by atoms with Gasteiger partial charge in [-0.25, -0.2) is 0 Å². The summed E-state index contributed by atoms with van der Waals surface area (Å²) in [6.45, 7) is 5.93. The monoisotopic (exact) mass is 429 g/mol. The van der Waals surface area contributed by atoms with Crippen molar-refractivity contribution in [1.82, 2.24) is 24.5 Å². The molecule has 4 rings (SSSR count). The molecule has 0 saturated heterocycles. The van der Waals surface area contributed by atoms with E-state index in [1.807, 2.05) is 81.4 Å². The van der Waals surface area contributed by atoms with Gasteiger partial charge in [-0.05, 0) is 25.8 Å². The van der Waals surface area contributed by atoms with Crippen molar-refractivity contribution in [3.05, 3.63) is 87.8 Å². The molecule has 0 fully saturated rings. The zero-order valence-electron chi connectivity index (χ0n) is 18.6. The lowest BCUT2D eigenvalue weighted by Crippen LogP contribution is -2.36. The highest BCUT2D eigenvalue weighted by atomic mass is 16.2. The Bertz CT molecular complexity index is 1290. The number of hydrogen-bond donors (Lipinski definition) is 1. The molecule has 2 aromatic carbocycles. The van der Waals surface area contributed by atoms with Crippen LogP contribution in [0.4, 0.5) is 0 Å². The van der Waals surface area contributed by atoms with E-state index < -0.39 is 0 Å². The number of nitrogens with one attached hydrogen (secondary N) is 1. The van der Waals surface area contributed by atoms with Gasteiger partial charge in [0.15, 0.2) is 5.82 Å². The van der Waals surface area contributed by atoms with E-state index in [-0.39, 0.29) is 24.1 Å². The second-order valence-electron chi connectivity index (χ2n) is 8.01. The van der Waals surface area contributed by atoms with Crippen molar-refractivity contribution in [1.29, 1.82) is 0 Å². The number of carbonyl (C=O) groups is 1. The van der Waals surface area contributed by atoms with E-state index in [1.165, 1.54) is 4.52 Å². The van der Waals surface area contributed by atoms with Crippen molar-refractivity contribution in [2.24, 2.45) is 0 Å². The molecule has 0 saturated carbocycles. The summed E-state index contributed by atoms with van der Waals surface area (Å²) in [7, 11) is 0. The summed E-state index contributed by atoms with van der Waals surface area (Å²) in [4.78, 5) is 30.8. The molecule has 7 heteroatoms. The Kier molecular flexibility index (Phi) is 6.16. The minimum Gasteiger partial charge on any atom is -0.352 e. The van der Waals surface area contributed by atoms with Crippen LogP contribution in [-0.2, 0) is 17.8 Å². The van der Waals surface area contributed by atoms with Crippen LogP contribution in [0.1, 0.15) is 37.1 Å². The molecule has 0 aliphatic heterocycles. The van der Waals surface area contributed by atoms with E-state index in [0.717, 1.165) is 23.2 Å². The highest BCUT2D eigenvalue weighted by Crippen LogP contribution is 2.18. The molecule has 0 bridgehead atoms. The summed E-state index contributed by atoms with van der Waals surface area (Å²) in [6.07, 6.45) is 1.29. The van der Waals surface area contributed by atoms with Crippen molar-refractivity contribution in [2.75, 3.05) is 0 Å². The summed E-state index contributed by atoms with van der Waals surface area (Å²) in [5.41, 5.74) is 2.94. The third-order valence-electron chi connectivity index (χ3n) is 5.70. The number of fused-ring (bicyclic) bond motifs is 1. The van der Waals surface area contributed by atoms with Crippen molar-refractivity contribution >= 4 is 11.7 Å². The van der Waals surface area contributed by atoms with Crippen LogP contribution in [0, 0.1) is 6.92 Å². The fourth-order valence-corrected chi connectivity index (χ4v) is 3.68. The number of carbonyl (C=O) groups excluding carboxylic acids is 1. The molecule has 0 aliphatic rings. The topological polar surface area (TPSA) is 81.3 Å². The Morgan fingerprint density at radius 3 is 2.38 bits per heavy atom. The molecule has 0 aliphatic carbocycles. The first kappa shape index (κ1) is 21.5. The van der Waals surface area contributed by atoms with Crippen molar-refractivity contribution in [3.63, 3.8) is 0 Å². The van der Waals surface area contributed by atoms with Gasteiger partial charge in [0.05, 0.1) is 0 Å². The van der Waals surface area contributed by atoms with E-state index in [4.69, 9.17) is 0 Å². The quantitative estimate of drug-likeness (QED) is 0.488. The second-order valence-corrected chi connectivity index (χ2v) is 8.01. The fraction of sp³-hybridized carbons (Fsp3) is 0.280. The van der Waals surface area contributed by atoms with Crippen molar-refractivity contribution in [3.8, 4) is 11.4 Å². The van der Waals surface area contributed by atoms with Gasteiger partial charge < -0.3 is 9.88 Å². The SMILES string of the molecule is CC[C@@H](C)NC(=O)Cn1c(C)c(Cc2ccccc2)c(=O)n2nc(-c3ccccc3)nc12. The first-order chi connectivity index (χ1) is 15.5. The van der Waals surface area contributed by atoms with Gasteiger partial charge >= 0.3 is 0 Å². The lowest BCUT2D eigenvalue weighted by atomic mass is 10.0. The van der Waals surface area contributed by atoms with Crippen molar-refractivity contribution in [2.45, 2.75) is 46.2 Å². The molecule has 7 nitrogen and oxygen atoms in total. The van der Waals surface area contributed by atoms with E-state index in [9.17, 15) is 9.59 Å². The normalized spacial score (nSPS) is 12.1. The van der Waals surface area contributed by atoms with Crippen LogP contribution in [0.5, 0.6) is 0 Å². The molecular weight excluding hydrogens is 402 g/mol. The van der Waals surface area contributed by atoms with Crippen LogP contribution in [0.25, 0.3) is 17.2 Å². The molecule has 32 heavy (non-hydrogen) atoms. The number of nitrogens with zero attached hydrogens (tertiary/aromatic N) is 4. The van der Waals surface area contributed by atoms with E-state index in [2.05, 4.69) is 15.4 Å². The minimum absolute atomic E-state index is 0.0642. The molecule has 2 heterocycles. The van der Waals surface area contributed by atoms with E-state index in [1.54, 1.807) is 4.57 Å². The molecular formula is C25H27N5O2. The van der Waals surface area contributed by atoms with Gasteiger partial charge in [-0.15, -0.1) is 5.10 Å². The highest BCUT2D eigenvalue weighted by molar-refractivity contribution is 5.76. The molecule has 164 valence electrons. The average Bonchev–Trinajstić information content (AvgIpc) is 3.26. The Balaban J connectivity index is 1.86. The smallest absolute Gasteiger partial charge is 0.279 e. The van der Waals surface area contributed by atoms with Gasteiger partial charge in [0, 0.05) is 29.3 Å². The maximum Gasteiger partial charge on any atom is 0.279 e. The lowest BCUT2D eigenvalue weighted by Gasteiger charge is -2.17. The minimum atomic E-state index is -0.213. The standard InChI is InChI=1S/C25H27N5O2/c1-4-17(2)26-22(31)16-29-18(3)21(15-19-11-7-5-8-12-19)24(32)30-25(29)27-23(28-30)20-13-9-6-10-14-20/h5-14,17H,4,15-16H2,1-3H3,(H,26,31)/t17-/m1/s1. The van der Waals surface area contributed by atoms with E-state index >= 15 is 0 Å². The Hall–Kier alpha value is -3.74. The maximum absolute atomic E-state index is 13.4. The summed E-state index contributed by atoms with van der Waals surface area (Å²) >= 11 is 0. The summed E-state index contributed by atoms with van der Waals surface area (Å²) in [6, 6.07) is 19.4. The van der Waals surface area contributed by atoms with Crippen LogP contribution in [0.15, 0.2) is 65.5 Å². The van der Waals surface area contributed by atoms with Crippen LogP contribution < -0.4 is 10.9 Å². The van der Waals surface area contributed by atoms with Crippen LogP contribution in [0.3, 0.4) is 0 Å². The fourth-order valence-electron chi connectivity index (χ4n) is 3.68. The molecule has 2 aromatic heterocycles. The van der Waals surface area contributed by atoms with Crippen LogP contribution in [-0.4, -0.2) is 31.1 Å². The first-order valence-electron chi connectivity index (χ1n) is 10.9. The third kappa shape index (κ3) is 4.32. The Labute approximate surface area is 186 Å². The number of amides is 1. The summed E-state index contributed by atoms with van der Waals surface area (Å²) < 4.78 is 3.11. The predicted octanol–water partition coefficient (Wildman–Crippen LogP) is 3.37. The molecule has 4 aromatic rings. The maximum atomic E-state index is 13.4. The van der Waals surface area contributed by atoms with Crippen LogP contribution >= 0.6 is 0 Å². The van der Waals surface area contributed by atoms with Crippen molar-refractivity contribution < 1.29 is 4.79 Å². The van der Waals surface area contributed by atoms with Gasteiger partial charge in [-0.3, -0.25) is 9.59 Å². The molecule has 1 atom stereocenters. The van der Waals surface area contributed by atoms with Gasteiger partial charge in [-0.2, -0.15) is 9.50 Å². The van der Waals surface area contributed by atoms with Gasteiger partial charge in [0.1, 0.15) is 6.54 Å². The number of rotatable bonds is 7. The van der Waals surface area contributed by atoms with E-state index in [0.29, 0.717) is 23.6 Å². The Morgan fingerprint density at radius 1 is 1.06 bits per heavy atom. The van der Waals surface area contributed by atoms with Gasteiger partial charge in [0.25, 0.3) is 5.56 Å². The highest BCUT2D eigenvalue weighted by Gasteiger charge is 2.20. The summed E-state index contributed by atoms with van der Waals surface area (Å²) in [5.74, 6) is 0.695. The molecule has 0 spiro atoms. The largest absolute Gasteiger partial charge is 0.352 e. The summed E-state index contributed by atoms with van der Waals surface area (Å²) in [5, 5.41) is 7.51. The zero-order valence-corrected chi connectivity index (χ0v) is 18.6. The third-order valence-corrected chi connectivity index (χ3v) is 5.70. The predicted molar refractivity (Wildman–Crippen MR) is 125 cm³/mol. The molecule has 1 N–H and O–H groups in total. The Morgan fingerprint density at radius 2 is 1.72 bits per heavy atom. The molecule has 0 radical (unpaired) electrons. The number of hydrogen-bond acceptors (Lipinski definition) is 4. The molecule has 0 unspecified atom stereocenters. The average molecular weight is 430 g/mol. The lowest BCUT2D eigenvalue weighted by molar-refractivity contribution is -0.122. The van der Waals surface area contributed by atoms with Crippen LogP contribution in [0.2, 0.25) is 0 Å². The van der Waals surface area contributed by atoms with Gasteiger partial charge in [-0.1, -0.05) is 67.6 Å². The number of aromatic nitrogens is 4. The first-order valence-corrected chi connectivity index (χ1v) is 10.9. The van der Waals surface area contributed by atoms with Gasteiger partial charge in [0.2, 0.25) is 11.7 Å². The zero-order chi connectivity index (χ0) is 22.7.